The highest BCUT2D eigenvalue weighted by Crippen LogP contribution is 2.24. The summed E-state index contributed by atoms with van der Waals surface area (Å²) in [5.41, 5.74) is 3.05. The van der Waals surface area contributed by atoms with Crippen LogP contribution in [0, 0.1) is 5.92 Å². The molecule has 0 radical (unpaired) electrons. The molecule has 0 saturated carbocycles. The van der Waals surface area contributed by atoms with Crippen LogP contribution in [-0.4, -0.2) is 18.0 Å². The summed E-state index contributed by atoms with van der Waals surface area (Å²) in [6, 6.07) is 0. The largest absolute Gasteiger partial charge is 0.375 e. The van der Waals surface area contributed by atoms with Gasteiger partial charge < -0.3 is 4.90 Å². The van der Waals surface area contributed by atoms with E-state index < -0.39 is 0 Å². The normalized spacial score (nSPS) is 16.6. The summed E-state index contributed by atoms with van der Waals surface area (Å²) < 4.78 is 0. The molecule has 0 amide bonds. The molecule has 0 aliphatic carbocycles. The first-order valence-corrected chi connectivity index (χ1v) is 4.55. The van der Waals surface area contributed by atoms with Gasteiger partial charge >= 0.3 is 0 Å². The average Bonchev–Trinajstić information content (AvgIpc) is 1.75. The van der Waals surface area contributed by atoms with Gasteiger partial charge in [0.15, 0.2) is 0 Å². The van der Waals surface area contributed by atoms with Crippen molar-refractivity contribution in [3.63, 3.8) is 0 Å². The minimum Gasteiger partial charge on any atom is -0.375 e. The van der Waals surface area contributed by atoms with Gasteiger partial charge in [-0.3, -0.25) is 0 Å². The Kier molecular flexibility index (Phi) is 2.58. The molecule has 11 heavy (non-hydrogen) atoms. The molecule has 0 spiro atoms. The zero-order valence-electron chi connectivity index (χ0n) is 8.15. The summed E-state index contributed by atoms with van der Waals surface area (Å²) >= 11 is 0. The van der Waals surface area contributed by atoms with Crippen molar-refractivity contribution in [2.75, 3.05) is 13.1 Å². The van der Waals surface area contributed by atoms with Crippen LogP contribution in [0.5, 0.6) is 0 Å². The summed E-state index contributed by atoms with van der Waals surface area (Å²) in [7, 11) is 0. The first-order valence-electron chi connectivity index (χ1n) is 4.55. The number of hydrogen-bond donors (Lipinski definition) is 0. The Balaban J connectivity index is 2.67. The molecule has 1 heteroatoms. The number of nitrogens with zero attached hydrogens (tertiary/aromatic N) is 1. The van der Waals surface area contributed by atoms with E-state index in [0.717, 1.165) is 0 Å². The van der Waals surface area contributed by atoms with Gasteiger partial charge in [-0.2, -0.15) is 0 Å². The fourth-order valence-electron chi connectivity index (χ4n) is 1.82. The van der Waals surface area contributed by atoms with Crippen molar-refractivity contribution < 1.29 is 0 Å². The van der Waals surface area contributed by atoms with E-state index in [2.05, 4.69) is 32.6 Å². The van der Waals surface area contributed by atoms with E-state index in [1.165, 1.54) is 25.1 Å². The van der Waals surface area contributed by atoms with Crippen LogP contribution < -0.4 is 0 Å². The van der Waals surface area contributed by atoms with Gasteiger partial charge in [-0.1, -0.05) is 19.4 Å². The molecule has 1 heterocycles. The molecule has 0 aromatic carbocycles. The number of hydrogen-bond acceptors (Lipinski definition) is 1. The van der Waals surface area contributed by atoms with Crippen LogP contribution in [0.4, 0.5) is 0 Å². The van der Waals surface area contributed by atoms with Gasteiger partial charge in [0.05, 0.1) is 0 Å². The Hall–Kier alpha value is -0.460. The van der Waals surface area contributed by atoms with E-state index in [9.17, 15) is 0 Å². The Morgan fingerprint density at radius 2 is 1.73 bits per heavy atom. The highest BCUT2D eigenvalue weighted by Gasteiger charge is 2.19. The van der Waals surface area contributed by atoms with E-state index >= 15 is 0 Å². The molecular formula is C10H19N. The Morgan fingerprint density at radius 1 is 1.18 bits per heavy atom. The van der Waals surface area contributed by atoms with Crippen molar-refractivity contribution in [3.05, 3.63) is 11.3 Å². The van der Waals surface area contributed by atoms with Crippen molar-refractivity contribution in [1.29, 1.82) is 0 Å². The molecule has 1 rings (SSSR count). The van der Waals surface area contributed by atoms with Crippen molar-refractivity contribution in [1.82, 2.24) is 4.90 Å². The molecule has 1 fully saturated rings. The maximum absolute atomic E-state index is 2.50. The summed E-state index contributed by atoms with van der Waals surface area (Å²) in [5, 5.41) is 0. The number of likely N-dealkylation sites (tertiary alicyclic amines) is 1. The maximum atomic E-state index is 2.50. The fraction of sp³-hybridized carbons (Fsp3) is 0.800. The van der Waals surface area contributed by atoms with Gasteiger partial charge in [-0.05, 0) is 26.2 Å². The molecule has 1 aliphatic rings. The van der Waals surface area contributed by atoms with Gasteiger partial charge in [-0.15, -0.1) is 0 Å². The lowest BCUT2D eigenvalue weighted by atomic mass is 10.0. The van der Waals surface area contributed by atoms with Gasteiger partial charge in [0.25, 0.3) is 0 Å². The highest BCUT2D eigenvalue weighted by atomic mass is 15.2. The summed E-state index contributed by atoms with van der Waals surface area (Å²) in [6.45, 7) is 11.5. The Bertz CT molecular complexity index is 160. The second-order valence-corrected chi connectivity index (χ2v) is 3.88. The van der Waals surface area contributed by atoms with E-state index in [1.54, 1.807) is 5.70 Å². The van der Waals surface area contributed by atoms with Gasteiger partial charge in [0.2, 0.25) is 0 Å². The van der Waals surface area contributed by atoms with Crippen LogP contribution in [0.15, 0.2) is 11.3 Å². The van der Waals surface area contributed by atoms with Gasteiger partial charge in [0.1, 0.15) is 0 Å². The lowest BCUT2D eigenvalue weighted by Gasteiger charge is -2.38. The quantitative estimate of drug-likeness (QED) is 0.589. The summed E-state index contributed by atoms with van der Waals surface area (Å²) in [6.07, 6.45) is 1.38. The molecule has 0 aromatic heterocycles. The Morgan fingerprint density at radius 3 is 1.82 bits per heavy atom. The van der Waals surface area contributed by atoms with Crippen molar-refractivity contribution in [2.24, 2.45) is 5.92 Å². The third-order valence-electron chi connectivity index (χ3n) is 2.26. The minimum absolute atomic E-state index is 0.695. The molecule has 0 unspecified atom stereocenters. The van der Waals surface area contributed by atoms with Crippen LogP contribution in [0.25, 0.3) is 0 Å². The zero-order chi connectivity index (χ0) is 8.43. The third kappa shape index (κ3) is 1.76. The van der Waals surface area contributed by atoms with E-state index in [1.807, 2.05) is 0 Å². The molecule has 0 N–H and O–H groups in total. The SMILES string of the molecule is CC(C)=C(C(C)C)N1CCC1. The highest BCUT2D eigenvalue weighted by molar-refractivity contribution is 5.12. The number of allylic oxidation sites excluding steroid dienone is 2. The van der Waals surface area contributed by atoms with Crippen LogP contribution in [-0.2, 0) is 0 Å². The topological polar surface area (TPSA) is 3.24 Å². The predicted octanol–water partition coefficient (Wildman–Crippen LogP) is 2.64. The van der Waals surface area contributed by atoms with Gasteiger partial charge in [-0.25, -0.2) is 0 Å². The third-order valence-corrected chi connectivity index (χ3v) is 2.26. The predicted molar refractivity (Wildman–Crippen MR) is 49.4 cm³/mol. The maximum Gasteiger partial charge on any atom is 0.0191 e. The average molecular weight is 153 g/mol. The molecular weight excluding hydrogens is 134 g/mol. The summed E-state index contributed by atoms with van der Waals surface area (Å²) in [5.74, 6) is 0.695. The summed E-state index contributed by atoms with van der Waals surface area (Å²) in [4.78, 5) is 2.50. The minimum atomic E-state index is 0.695. The van der Waals surface area contributed by atoms with Crippen LogP contribution in [0.1, 0.15) is 34.1 Å². The molecule has 64 valence electrons. The zero-order valence-corrected chi connectivity index (χ0v) is 8.15. The molecule has 1 saturated heterocycles. The fourth-order valence-corrected chi connectivity index (χ4v) is 1.82. The number of rotatable bonds is 2. The van der Waals surface area contributed by atoms with E-state index in [4.69, 9.17) is 0 Å². The second kappa shape index (κ2) is 3.29. The second-order valence-electron chi connectivity index (χ2n) is 3.88. The van der Waals surface area contributed by atoms with Gasteiger partial charge in [0, 0.05) is 18.8 Å². The molecule has 0 atom stereocenters. The van der Waals surface area contributed by atoms with Crippen LogP contribution >= 0.6 is 0 Å². The first kappa shape index (κ1) is 8.63. The van der Waals surface area contributed by atoms with Crippen molar-refractivity contribution in [3.8, 4) is 0 Å². The smallest absolute Gasteiger partial charge is 0.0191 e. The standard InChI is InChI=1S/C10H19N/c1-8(2)10(9(3)4)11-6-5-7-11/h8H,5-7H2,1-4H3. The first-order chi connectivity index (χ1) is 5.13. The lowest BCUT2D eigenvalue weighted by molar-refractivity contribution is 0.214. The monoisotopic (exact) mass is 153 g/mol. The lowest BCUT2D eigenvalue weighted by Crippen LogP contribution is -2.38. The van der Waals surface area contributed by atoms with Crippen molar-refractivity contribution >= 4 is 0 Å². The molecule has 0 bridgehead atoms. The van der Waals surface area contributed by atoms with Crippen molar-refractivity contribution in [2.45, 2.75) is 34.1 Å². The molecule has 0 aromatic rings. The molecule has 1 aliphatic heterocycles. The van der Waals surface area contributed by atoms with E-state index in [-0.39, 0.29) is 0 Å². The Labute approximate surface area is 70.1 Å². The molecule has 1 nitrogen and oxygen atoms in total. The van der Waals surface area contributed by atoms with Crippen LogP contribution in [0.2, 0.25) is 0 Å². The van der Waals surface area contributed by atoms with E-state index in [0.29, 0.717) is 5.92 Å². The van der Waals surface area contributed by atoms with Crippen LogP contribution in [0.3, 0.4) is 0 Å².